The number of amidine groups is 1. The van der Waals surface area contributed by atoms with E-state index in [-0.39, 0.29) is 35.4 Å². The van der Waals surface area contributed by atoms with Crippen molar-refractivity contribution in [2.45, 2.75) is 37.8 Å². The molecule has 2 heterocycles. The lowest BCUT2D eigenvalue weighted by Crippen LogP contribution is -2.43. The molecule has 1 fully saturated rings. The van der Waals surface area contributed by atoms with Gasteiger partial charge in [0, 0.05) is 17.9 Å². The van der Waals surface area contributed by atoms with Crippen LogP contribution in [0, 0.1) is 18.7 Å². The molecule has 4 rings (SSSR count). The van der Waals surface area contributed by atoms with E-state index in [1.807, 2.05) is 0 Å². The highest BCUT2D eigenvalue weighted by Crippen LogP contribution is 2.56. The lowest BCUT2D eigenvalue weighted by atomic mass is 9.83. The quantitative estimate of drug-likeness (QED) is 0.721. The molecule has 1 aromatic heterocycles. The maximum Gasteiger partial charge on any atom is 0.283 e. The summed E-state index contributed by atoms with van der Waals surface area (Å²) in [6.07, 6.45) is -2.06. The van der Waals surface area contributed by atoms with E-state index >= 15 is 0 Å². The maximum atomic E-state index is 14.7. The van der Waals surface area contributed by atoms with Gasteiger partial charge in [-0.2, -0.15) is 0 Å². The van der Waals surface area contributed by atoms with Gasteiger partial charge < -0.3 is 15.2 Å². The Morgan fingerprint density at radius 1 is 1.43 bits per heavy atom. The number of carbonyl (C=O) groups is 1. The molecular weight excluding hydrogens is 401 g/mol. The number of ether oxygens (including phenoxy) is 2. The molecule has 0 saturated heterocycles. The lowest BCUT2D eigenvalue weighted by molar-refractivity contribution is 0.0176. The van der Waals surface area contributed by atoms with E-state index in [0.29, 0.717) is 17.7 Å². The summed E-state index contributed by atoms with van der Waals surface area (Å²) in [7, 11) is 1.43. The molecule has 30 heavy (non-hydrogen) atoms. The van der Waals surface area contributed by atoms with Gasteiger partial charge in [0.2, 0.25) is 5.88 Å². The number of alkyl halides is 2. The molecule has 1 aliphatic heterocycles. The highest BCUT2D eigenvalue weighted by molar-refractivity contribution is 5.96. The Kier molecular flexibility index (Phi) is 4.87. The van der Waals surface area contributed by atoms with Gasteiger partial charge in [-0.1, -0.05) is 6.07 Å². The number of fused-ring (bicyclic) bond motifs is 1. The molecule has 1 saturated carbocycles. The van der Waals surface area contributed by atoms with Gasteiger partial charge in [0.15, 0.2) is 11.3 Å². The van der Waals surface area contributed by atoms with Crippen LogP contribution >= 0.6 is 0 Å². The first kappa shape index (κ1) is 20.1. The molecule has 3 atom stereocenters. The summed E-state index contributed by atoms with van der Waals surface area (Å²) in [5, 5.41) is 0. The van der Waals surface area contributed by atoms with Crippen molar-refractivity contribution in [3.05, 3.63) is 52.7 Å². The topological polar surface area (TPSA) is 99.7 Å². The highest BCUT2D eigenvalue weighted by Gasteiger charge is 2.64. The summed E-state index contributed by atoms with van der Waals surface area (Å²) in [5.74, 6) is -1.64. The first-order chi connectivity index (χ1) is 14.3. The van der Waals surface area contributed by atoms with Gasteiger partial charge in [0.05, 0.1) is 19.0 Å². The largest absolute Gasteiger partial charge is 0.480 e. The number of aliphatic imine (C=N–C) groups is 1. The number of hydrogen-bond donors (Lipinski definition) is 1. The molecule has 0 radical (unpaired) electrons. The Hall–Kier alpha value is -3.17. The van der Waals surface area contributed by atoms with Gasteiger partial charge in [-0.3, -0.25) is 4.79 Å². The zero-order chi connectivity index (χ0) is 21.6. The second-order valence-corrected chi connectivity index (χ2v) is 7.34. The molecule has 2 N–H and O–H groups in total. The summed E-state index contributed by atoms with van der Waals surface area (Å²) in [5.41, 5.74) is 4.00. The van der Waals surface area contributed by atoms with Crippen LogP contribution in [0.25, 0.3) is 0 Å². The Bertz CT molecular complexity index is 1050. The number of nitrogens with two attached hydrogens (primary N) is 1. The number of halogens is 3. The van der Waals surface area contributed by atoms with Crippen LogP contribution in [0.2, 0.25) is 0 Å². The van der Waals surface area contributed by atoms with Gasteiger partial charge in [-0.25, -0.2) is 28.1 Å². The van der Waals surface area contributed by atoms with Crippen LogP contribution in [0.4, 0.5) is 13.2 Å². The first-order valence-electron chi connectivity index (χ1n) is 9.26. The molecular formula is C20H19F3N4O3. The number of carbonyl (C=O) groups excluding carboxylic acids is 1. The number of hydrogen-bond acceptors (Lipinski definition) is 7. The minimum Gasteiger partial charge on any atom is -0.480 e. The van der Waals surface area contributed by atoms with Crippen molar-refractivity contribution < 1.29 is 27.4 Å². The van der Waals surface area contributed by atoms with Gasteiger partial charge in [-0.15, -0.1) is 0 Å². The molecule has 1 aliphatic carbocycles. The van der Waals surface area contributed by atoms with Crippen molar-refractivity contribution in [2.24, 2.45) is 16.6 Å². The van der Waals surface area contributed by atoms with Crippen molar-refractivity contribution in [1.29, 1.82) is 0 Å². The number of aromatic nitrogens is 2. The summed E-state index contributed by atoms with van der Waals surface area (Å²) < 4.78 is 53.2. The fourth-order valence-electron chi connectivity index (χ4n) is 3.89. The fourth-order valence-corrected chi connectivity index (χ4v) is 3.89. The van der Waals surface area contributed by atoms with Crippen LogP contribution in [-0.4, -0.2) is 41.4 Å². The molecule has 0 amide bonds. The summed E-state index contributed by atoms with van der Waals surface area (Å²) >= 11 is 0. The van der Waals surface area contributed by atoms with Crippen molar-refractivity contribution >= 4 is 11.8 Å². The number of methoxy groups -OCH3 is 1. The molecule has 0 spiro atoms. The van der Waals surface area contributed by atoms with Gasteiger partial charge >= 0.3 is 0 Å². The second-order valence-electron chi connectivity index (χ2n) is 7.34. The lowest BCUT2D eigenvalue weighted by Gasteiger charge is -2.33. The number of nitrogens with zero attached hydrogens (tertiary/aromatic N) is 3. The fraction of sp³-hybridized carbons (Fsp3) is 0.400. The number of benzene rings is 1. The van der Waals surface area contributed by atoms with Crippen LogP contribution in [0.1, 0.15) is 33.7 Å². The SMILES string of the molecule is COc1cnc(C(=O)Cc2ccc(F)c([C@@]3(C(F)F)N=C(N)O[C@@H]4C[C@@H]43)c2)c(C)n1. The van der Waals surface area contributed by atoms with Crippen molar-refractivity contribution in [2.75, 3.05) is 7.11 Å². The average molecular weight is 420 g/mol. The van der Waals surface area contributed by atoms with Crippen LogP contribution in [0.15, 0.2) is 29.4 Å². The zero-order valence-corrected chi connectivity index (χ0v) is 16.2. The minimum atomic E-state index is -3.00. The molecule has 0 bridgehead atoms. The van der Waals surface area contributed by atoms with Gasteiger partial charge in [0.1, 0.15) is 17.6 Å². The minimum absolute atomic E-state index is 0.126. The van der Waals surface area contributed by atoms with Crippen LogP contribution in [-0.2, 0) is 16.7 Å². The monoisotopic (exact) mass is 420 g/mol. The summed E-state index contributed by atoms with van der Waals surface area (Å²) in [4.78, 5) is 24.7. The summed E-state index contributed by atoms with van der Waals surface area (Å²) in [6.45, 7) is 1.61. The van der Waals surface area contributed by atoms with Gasteiger partial charge in [0.25, 0.3) is 12.4 Å². The Morgan fingerprint density at radius 3 is 2.87 bits per heavy atom. The first-order valence-corrected chi connectivity index (χ1v) is 9.26. The molecule has 0 unspecified atom stereocenters. The average Bonchev–Trinajstić information content (AvgIpc) is 3.48. The molecule has 2 aromatic rings. The zero-order valence-electron chi connectivity index (χ0n) is 16.2. The van der Waals surface area contributed by atoms with Crippen molar-refractivity contribution in [3.63, 3.8) is 0 Å². The van der Waals surface area contributed by atoms with E-state index in [9.17, 15) is 18.0 Å². The summed E-state index contributed by atoms with van der Waals surface area (Å²) in [6, 6.07) is 3.30. The second kappa shape index (κ2) is 7.26. The van der Waals surface area contributed by atoms with E-state index in [1.165, 1.54) is 25.4 Å². The van der Waals surface area contributed by atoms with E-state index < -0.39 is 29.8 Å². The Labute approximate surface area is 170 Å². The molecule has 2 aliphatic rings. The van der Waals surface area contributed by atoms with Gasteiger partial charge in [-0.05, 0) is 31.0 Å². The van der Waals surface area contributed by atoms with E-state index in [0.717, 1.165) is 6.07 Å². The predicted molar refractivity (Wildman–Crippen MR) is 100 cm³/mol. The molecule has 10 heteroatoms. The molecule has 1 aromatic carbocycles. The third-order valence-electron chi connectivity index (χ3n) is 5.42. The van der Waals surface area contributed by atoms with E-state index in [1.54, 1.807) is 6.92 Å². The number of aryl methyl sites for hydroxylation is 1. The number of ketones is 1. The smallest absolute Gasteiger partial charge is 0.283 e. The highest BCUT2D eigenvalue weighted by atomic mass is 19.3. The van der Waals surface area contributed by atoms with Crippen LogP contribution in [0.3, 0.4) is 0 Å². The van der Waals surface area contributed by atoms with Crippen molar-refractivity contribution in [1.82, 2.24) is 9.97 Å². The molecule has 7 nitrogen and oxygen atoms in total. The predicted octanol–water partition coefficient (Wildman–Crippen LogP) is 2.55. The normalized spacial score (nSPS) is 24.7. The number of rotatable bonds is 6. The number of Topliss-reactive ketones (excluding diaryl/α,β-unsaturated/α-hetero) is 1. The van der Waals surface area contributed by atoms with Crippen molar-refractivity contribution in [3.8, 4) is 5.88 Å². The third-order valence-corrected chi connectivity index (χ3v) is 5.42. The van der Waals surface area contributed by atoms with Crippen LogP contribution in [0.5, 0.6) is 5.88 Å². The van der Waals surface area contributed by atoms with Crippen LogP contribution < -0.4 is 10.5 Å². The third kappa shape index (κ3) is 3.25. The Balaban J connectivity index is 1.69. The van der Waals surface area contributed by atoms with E-state index in [2.05, 4.69) is 15.0 Å². The molecule has 158 valence electrons. The Morgan fingerprint density at radius 2 is 2.20 bits per heavy atom. The standard InChI is InChI=1S/C20H19F3N4O3/c1-9-17(25-8-16(26-9)29-2)14(28)6-10-3-4-13(21)11(5-10)20(18(22)23)12-7-15(12)30-19(24)27-20/h3-5,8,12,15,18H,6-7H2,1-2H3,(H2,24,27)/t12-,15+,20+/m0/s1. The maximum absolute atomic E-state index is 14.7. The van der Waals surface area contributed by atoms with E-state index in [4.69, 9.17) is 15.2 Å².